The molecule has 0 radical (unpaired) electrons. The summed E-state index contributed by atoms with van der Waals surface area (Å²) in [6.07, 6.45) is 14.4. The van der Waals surface area contributed by atoms with Crippen molar-refractivity contribution in [2.24, 2.45) is 5.92 Å². The van der Waals surface area contributed by atoms with Gasteiger partial charge in [-0.25, -0.2) is 9.59 Å². The van der Waals surface area contributed by atoms with E-state index in [2.05, 4.69) is 39.9 Å². The van der Waals surface area contributed by atoms with Crippen LogP contribution in [-0.2, 0) is 9.59 Å². The van der Waals surface area contributed by atoms with Crippen molar-refractivity contribution in [1.82, 2.24) is 5.32 Å². The molecule has 2 aliphatic heterocycles. The van der Waals surface area contributed by atoms with Gasteiger partial charge < -0.3 is 0 Å². The number of unbranched alkanes of at least 4 members (excludes halogenated alkanes) is 9. The van der Waals surface area contributed by atoms with Gasteiger partial charge in [0.1, 0.15) is 13.1 Å². The van der Waals surface area contributed by atoms with Crippen LogP contribution >= 0.6 is 0 Å². The molecule has 2 heterocycles. The monoisotopic (exact) mass is 393 g/mol. The average molecular weight is 394 g/mol. The predicted octanol–water partition coefficient (Wildman–Crippen LogP) is 5.35. The van der Waals surface area contributed by atoms with Crippen molar-refractivity contribution in [2.45, 2.75) is 123 Å². The summed E-state index contributed by atoms with van der Waals surface area (Å²) in [4.78, 5) is 26.2. The van der Waals surface area contributed by atoms with Gasteiger partial charge in [0.15, 0.2) is 0 Å². The summed E-state index contributed by atoms with van der Waals surface area (Å²) in [6.45, 7) is 11.9. The second-order valence-electron chi connectivity index (χ2n) is 10.8. The number of imide groups is 1. The summed E-state index contributed by atoms with van der Waals surface area (Å²) in [7, 11) is 0. The van der Waals surface area contributed by atoms with Crippen LogP contribution in [0.2, 0.25) is 0 Å². The molecule has 1 N–H and O–H groups in total. The lowest BCUT2D eigenvalue weighted by Crippen LogP contribution is -2.75. The van der Waals surface area contributed by atoms with Crippen LogP contribution in [0.4, 0.5) is 0 Å². The molecule has 2 aliphatic rings. The van der Waals surface area contributed by atoms with Crippen LogP contribution in [0.1, 0.15) is 112 Å². The first-order valence-corrected chi connectivity index (χ1v) is 11.9. The summed E-state index contributed by atoms with van der Waals surface area (Å²) >= 11 is 0. The maximum absolute atomic E-state index is 13.3. The molecule has 0 aromatic carbocycles. The third-order valence-corrected chi connectivity index (χ3v) is 6.58. The SMILES string of the molecule is CCCCCCCCCCCCC1CC(=O)[N+]2(CC(C)(C)NC(C)(C)C2)C1=O. The molecule has 1 atom stereocenters. The lowest BCUT2D eigenvalue weighted by atomic mass is 9.89. The molecule has 28 heavy (non-hydrogen) atoms. The molecule has 162 valence electrons. The van der Waals surface area contributed by atoms with Crippen LogP contribution in [-0.4, -0.2) is 40.5 Å². The Kier molecular flexibility index (Phi) is 8.27. The van der Waals surface area contributed by atoms with E-state index >= 15 is 0 Å². The van der Waals surface area contributed by atoms with E-state index in [9.17, 15) is 9.59 Å². The molecule has 0 aliphatic carbocycles. The molecule has 0 aromatic rings. The van der Waals surface area contributed by atoms with E-state index in [0.717, 1.165) is 12.8 Å². The highest BCUT2D eigenvalue weighted by atomic mass is 16.2. The topological polar surface area (TPSA) is 46.2 Å². The Balaban J connectivity index is 1.74. The number of carbonyl (C=O) groups is 2. The minimum absolute atomic E-state index is 0.0498. The summed E-state index contributed by atoms with van der Waals surface area (Å²) < 4.78 is 0.0788. The Bertz CT molecular complexity index is 523. The fourth-order valence-corrected chi connectivity index (χ4v) is 5.78. The normalized spacial score (nSPS) is 25.5. The third-order valence-electron chi connectivity index (χ3n) is 6.58. The van der Waals surface area contributed by atoms with Crippen molar-refractivity contribution < 1.29 is 14.1 Å². The highest BCUT2D eigenvalue weighted by molar-refractivity contribution is 5.94. The number of hydrogen-bond donors (Lipinski definition) is 1. The summed E-state index contributed by atoms with van der Waals surface area (Å²) in [5.41, 5.74) is -0.391. The lowest BCUT2D eigenvalue weighted by molar-refractivity contribution is -0.791. The van der Waals surface area contributed by atoms with Gasteiger partial charge in [0, 0.05) is 0 Å². The summed E-state index contributed by atoms with van der Waals surface area (Å²) in [6, 6.07) is 0. The average Bonchev–Trinajstić information content (AvgIpc) is 2.78. The molecule has 4 nitrogen and oxygen atoms in total. The Morgan fingerprint density at radius 2 is 1.29 bits per heavy atom. The van der Waals surface area contributed by atoms with Gasteiger partial charge in [-0.1, -0.05) is 71.1 Å². The lowest BCUT2D eigenvalue weighted by Gasteiger charge is -2.49. The molecule has 4 heteroatoms. The van der Waals surface area contributed by atoms with Gasteiger partial charge in [-0.2, -0.15) is 4.48 Å². The smallest absolute Gasteiger partial charge is 0.297 e. The molecule has 0 saturated carbocycles. The molecule has 2 rings (SSSR count). The van der Waals surface area contributed by atoms with E-state index in [1.165, 1.54) is 57.8 Å². The van der Waals surface area contributed by atoms with E-state index in [1.54, 1.807) is 0 Å². The molecule has 2 amide bonds. The zero-order valence-corrected chi connectivity index (χ0v) is 19.2. The summed E-state index contributed by atoms with van der Waals surface area (Å²) in [5, 5.41) is 3.61. The molecule has 2 fully saturated rings. The zero-order chi connectivity index (χ0) is 20.8. The van der Waals surface area contributed by atoms with Gasteiger partial charge in [0.2, 0.25) is 0 Å². The van der Waals surface area contributed by atoms with Gasteiger partial charge in [0.25, 0.3) is 0 Å². The van der Waals surface area contributed by atoms with E-state index in [4.69, 9.17) is 0 Å². The minimum atomic E-state index is -0.195. The van der Waals surface area contributed by atoms with Gasteiger partial charge in [-0.15, -0.1) is 0 Å². The van der Waals surface area contributed by atoms with Crippen LogP contribution in [0.5, 0.6) is 0 Å². The first-order chi connectivity index (χ1) is 13.1. The second kappa shape index (κ2) is 9.84. The van der Waals surface area contributed by atoms with Crippen molar-refractivity contribution in [3.8, 4) is 0 Å². The molecular formula is C24H45N2O2+. The number of piperazine rings is 1. The van der Waals surface area contributed by atoms with Crippen molar-refractivity contribution in [3.63, 3.8) is 0 Å². The maximum atomic E-state index is 13.3. The van der Waals surface area contributed by atoms with Gasteiger partial charge in [-0.05, 0) is 34.1 Å². The minimum Gasteiger partial charge on any atom is -0.297 e. The Morgan fingerprint density at radius 1 is 0.821 bits per heavy atom. The van der Waals surface area contributed by atoms with Crippen LogP contribution in [0.25, 0.3) is 0 Å². The van der Waals surface area contributed by atoms with Crippen LogP contribution in [0, 0.1) is 5.92 Å². The number of quaternary nitrogens is 1. The predicted molar refractivity (Wildman–Crippen MR) is 116 cm³/mol. The Labute approximate surface area is 173 Å². The van der Waals surface area contributed by atoms with Crippen LogP contribution < -0.4 is 5.32 Å². The van der Waals surface area contributed by atoms with Gasteiger partial charge >= 0.3 is 11.8 Å². The maximum Gasteiger partial charge on any atom is 0.324 e. The van der Waals surface area contributed by atoms with E-state index < -0.39 is 0 Å². The fraction of sp³-hybridized carbons (Fsp3) is 0.917. The number of rotatable bonds is 11. The van der Waals surface area contributed by atoms with E-state index in [1.807, 2.05) is 0 Å². The van der Waals surface area contributed by atoms with Crippen molar-refractivity contribution in [1.29, 1.82) is 0 Å². The fourth-order valence-electron chi connectivity index (χ4n) is 5.78. The molecule has 1 unspecified atom stereocenters. The molecular weight excluding hydrogens is 348 g/mol. The summed E-state index contributed by atoms with van der Waals surface area (Å²) in [5.74, 6) is 0.305. The number of carbonyl (C=O) groups excluding carboxylic acids is 2. The van der Waals surface area contributed by atoms with Crippen molar-refractivity contribution in [2.75, 3.05) is 13.1 Å². The first kappa shape index (κ1) is 23.5. The molecule has 1 spiro atoms. The number of nitrogens with zero attached hydrogens (tertiary/aromatic N) is 1. The molecule has 0 bridgehead atoms. The van der Waals surface area contributed by atoms with E-state index in [0.29, 0.717) is 19.5 Å². The zero-order valence-electron chi connectivity index (χ0n) is 19.2. The van der Waals surface area contributed by atoms with E-state index in [-0.39, 0.29) is 33.3 Å². The third kappa shape index (κ3) is 6.13. The first-order valence-electron chi connectivity index (χ1n) is 11.9. The number of hydrogen-bond acceptors (Lipinski definition) is 3. The molecule has 0 aromatic heterocycles. The van der Waals surface area contributed by atoms with Crippen LogP contribution in [0.15, 0.2) is 0 Å². The van der Waals surface area contributed by atoms with Crippen LogP contribution in [0.3, 0.4) is 0 Å². The largest absolute Gasteiger partial charge is 0.324 e. The molecule has 2 saturated heterocycles. The van der Waals surface area contributed by atoms with Gasteiger partial charge in [0.05, 0.1) is 23.4 Å². The highest BCUT2D eigenvalue weighted by Crippen LogP contribution is 2.38. The van der Waals surface area contributed by atoms with Gasteiger partial charge in [-0.3, -0.25) is 5.32 Å². The highest BCUT2D eigenvalue weighted by Gasteiger charge is 2.61. The quantitative estimate of drug-likeness (QED) is 0.292. The standard InChI is InChI=1S/C24H45N2O2/c1-6-7-8-9-10-11-12-13-14-15-16-20-17-21(27)26(22(20)28)18-23(2,3)25-24(4,5)19-26/h20,25H,6-19H2,1-5H3/q+1. The number of amides is 2. The number of nitrogens with one attached hydrogen (secondary N) is 1. The van der Waals surface area contributed by atoms with Crippen molar-refractivity contribution >= 4 is 11.8 Å². The second-order valence-corrected chi connectivity index (χ2v) is 10.8. The Hall–Kier alpha value is -0.740. The Morgan fingerprint density at radius 3 is 1.79 bits per heavy atom. The van der Waals surface area contributed by atoms with Crippen molar-refractivity contribution in [3.05, 3.63) is 0 Å².